The fraction of sp³-hybridized carbons (Fsp3) is 0.208. The zero-order valence-corrected chi connectivity index (χ0v) is 17.3. The summed E-state index contributed by atoms with van der Waals surface area (Å²) in [7, 11) is 3.21. The molecule has 0 spiro atoms. The first-order valence-corrected chi connectivity index (χ1v) is 9.66. The minimum atomic E-state index is 0.303. The molecule has 3 aromatic carbocycles. The lowest BCUT2D eigenvalue weighted by atomic mass is 10.1. The maximum atomic E-state index is 6.04. The summed E-state index contributed by atoms with van der Waals surface area (Å²) in [6.07, 6.45) is 0. The van der Waals surface area contributed by atoms with E-state index in [1.807, 2.05) is 60.7 Å². The van der Waals surface area contributed by atoms with E-state index in [9.17, 15) is 0 Å². The normalized spacial score (nSPS) is 11.2. The lowest BCUT2D eigenvalue weighted by Crippen LogP contribution is -2.23. The molecule has 0 bridgehead atoms. The van der Waals surface area contributed by atoms with Crippen LogP contribution in [0.2, 0.25) is 0 Å². The molecule has 0 saturated carbocycles. The number of hydrogen-bond acceptors (Lipinski definition) is 4. The lowest BCUT2D eigenvalue weighted by Gasteiger charge is -2.12. The number of anilines is 1. The van der Waals surface area contributed by atoms with Crippen LogP contribution in [-0.4, -0.2) is 20.2 Å². The summed E-state index contributed by atoms with van der Waals surface area (Å²) >= 11 is 0. The van der Waals surface area contributed by atoms with Gasteiger partial charge in [0.15, 0.2) is 5.96 Å². The molecule has 3 rings (SSSR count). The fourth-order valence-corrected chi connectivity index (χ4v) is 2.87. The molecule has 0 aliphatic rings. The second-order valence-corrected chi connectivity index (χ2v) is 6.69. The highest BCUT2D eigenvalue weighted by Gasteiger charge is 2.06. The average molecular weight is 405 g/mol. The SMILES string of the molecule is COc1ccc(OC)c(NC(N)=NCc2ccc(COCc3ccccc3)cc2)c1. The number of methoxy groups -OCH3 is 2. The summed E-state index contributed by atoms with van der Waals surface area (Å²) in [6, 6.07) is 23.7. The van der Waals surface area contributed by atoms with E-state index in [1.54, 1.807) is 14.2 Å². The van der Waals surface area contributed by atoms with Crippen molar-refractivity contribution in [3.05, 3.63) is 89.5 Å². The zero-order chi connectivity index (χ0) is 21.2. The topological polar surface area (TPSA) is 78.1 Å². The van der Waals surface area contributed by atoms with Gasteiger partial charge in [-0.2, -0.15) is 0 Å². The van der Waals surface area contributed by atoms with Crippen molar-refractivity contribution in [1.29, 1.82) is 0 Å². The van der Waals surface area contributed by atoms with Crippen molar-refractivity contribution in [3.8, 4) is 11.5 Å². The minimum absolute atomic E-state index is 0.303. The van der Waals surface area contributed by atoms with Crippen molar-refractivity contribution in [2.75, 3.05) is 19.5 Å². The van der Waals surface area contributed by atoms with Crippen LogP contribution in [0.4, 0.5) is 5.69 Å². The Labute approximate surface area is 177 Å². The maximum absolute atomic E-state index is 6.04. The highest BCUT2D eigenvalue weighted by Crippen LogP contribution is 2.28. The van der Waals surface area contributed by atoms with Crippen LogP contribution in [0.15, 0.2) is 77.8 Å². The van der Waals surface area contributed by atoms with E-state index in [0.29, 0.717) is 42.9 Å². The second-order valence-electron chi connectivity index (χ2n) is 6.69. The molecule has 30 heavy (non-hydrogen) atoms. The number of nitrogens with zero attached hydrogens (tertiary/aromatic N) is 1. The molecule has 6 nitrogen and oxygen atoms in total. The Morgan fingerprint density at radius 3 is 2.17 bits per heavy atom. The van der Waals surface area contributed by atoms with Crippen molar-refractivity contribution in [1.82, 2.24) is 0 Å². The Morgan fingerprint density at radius 1 is 0.833 bits per heavy atom. The molecule has 3 aromatic rings. The molecule has 0 radical (unpaired) electrons. The number of hydrogen-bond donors (Lipinski definition) is 2. The van der Waals surface area contributed by atoms with E-state index in [1.165, 1.54) is 5.56 Å². The van der Waals surface area contributed by atoms with E-state index >= 15 is 0 Å². The zero-order valence-electron chi connectivity index (χ0n) is 17.3. The van der Waals surface area contributed by atoms with Gasteiger partial charge in [0.05, 0.1) is 39.7 Å². The molecule has 0 amide bonds. The second kappa shape index (κ2) is 10.9. The lowest BCUT2D eigenvalue weighted by molar-refractivity contribution is 0.107. The third-order valence-electron chi connectivity index (χ3n) is 4.50. The van der Waals surface area contributed by atoms with Crippen LogP contribution in [0, 0.1) is 0 Å². The summed E-state index contributed by atoms with van der Waals surface area (Å²) in [5.74, 6) is 1.67. The van der Waals surface area contributed by atoms with Gasteiger partial charge in [0.2, 0.25) is 0 Å². The molecule has 3 N–H and O–H groups in total. The first-order chi connectivity index (χ1) is 14.7. The van der Waals surface area contributed by atoms with Crippen molar-refractivity contribution >= 4 is 11.6 Å². The van der Waals surface area contributed by atoms with Crippen LogP contribution in [0.5, 0.6) is 11.5 Å². The Hall–Kier alpha value is -3.51. The van der Waals surface area contributed by atoms with Crippen LogP contribution >= 0.6 is 0 Å². The number of benzene rings is 3. The van der Waals surface area contributed by atoms with Gasteiger partial charge in [-0.1, -0.05) is 54.6 Å². The third kappa shape index (κ3) is 6.25. The Kier molecular flexibility index (Phi) is 7.69. The van der Waals surface area contributed by atoms with E-state index in [4.69, 9.17) is 19.9 Å². The monoisotopic (exact) mass is 405 g/mol. The van der Waals surface area contributed by atoms with Crippen molar-refractivity contribution in [3.63, 3.8) is 0 Å². The van der Waals surface area contributed by atoms with Gasteiger partial charge in [-0.25, -0.2) is 4.99 Å². The van der Waals surface area contributed by atoms with Gasteiger partial charge in [0, 0.05) is 6.07 Å². The Bertz CT molecular complexity index is 957. The average Bonchev–Trinajstić information content (AvgIpc) is 2.79. The van der Waals surface area contributed by atoms with Crippen LogP contribution < -0.4 is 20.5 Å². The third-order valence-corrected chi connectivity index (χ3v) is 4.50. The maximum Gasteiger partial charge on any atom is 0.193 e. The predicted octanol–water partition coefficient (Wildman–Crippen LogP) is 4.35. The first-order valence-electron chi connectivity index (χ1n) is 9.66. The summed E-state index contributed by atoms with van der Waals surface area (Å²) in [5, 5.41) is 3.06. The Morgan fingerprint density at radius 2 is 1.50 bits per heavy atom. The molecule has 0 heterocycles. The molecule has 156 valence electrons. The minimum Gasteiger partial charge on any atom is -0.497 e. The number of ether oxygens (including phenoxy) is 3. The van der Waals surface area contributed by atoms with Crippen LogP contribution in [0.25, 0.3) is 0 Å². The van der Waals surface area contributed by atoms with Crippen LogP contribution in [0.1, 0.15) is 16.7 Å². The van der Waals surface area contributed by atoms with E-state index in [2.05, 4.69) is 22.4 Å². The molecule has 0 aromatic heterocycles. The number of rotatable bonds is 9. The molecule has 0 saturated heterocycles. The van der Waals surface area contributed by atoms with Gasteiger partial charge in [-0.05, 0) is 28.8 Å². The molecular weight excluding hydrogens is 378 g/mol. The summed E-state index contributed by atoms with van der Waals surface area (Å²) in [6.45, 7) is 1.64. The highest BCUT2D eigenvalue weighted by molar-refractivity contribution is 5.94. The molecule has 0 unspecified atom stereocenters. The molecule has 0 aliphatic carbocycles. The molecular formula is C24H27N3O3. The van der Waals surface area contributed by atoms with Gasteiger partial charge >= 0.3 is 0 Å². The largest absolute Gasteiger partial charge is 0.497 e. The number of nitrogens with two attached hydrogens (primary N) is 1. The van der Waals surface area contributed by atoms with Crippen LogP contribution in [-0.2, 0) is 24.5 Å². The van der Waals surface area contributed by atoms with Crippen LogP contribution in [0.3, 0.4) is 0 Å². The summed E-state index contributed by atoms with van der Waals surface area (Å²) in [4.78, 5) is 4.41. The molecule has 0 fully saturated rings. The van der Waals surface area contributed by atoms with E-state index < -0.39 is 0 Å². The summed E-state index contributed by atoms with van der Waals surface area (Å²) in [5.41, 5.74) is 10.1. The van der Waals surface area contributed by atoms with Gasteiger partial charge in [-0.3, -0.25) is 0 Å². The number of guanidine groups is 1. The Balaban J connectivity index is 1.52. The molecule has 0 atom stereocenters. The van der Waals surface area contributed by atoms with Gasteiger partial charge in [0.25, 0.3) is 0 Å². The van der Waals surface area contributed by atoms with Crippen molar-refractivity contribution in [2.45, 2.75) is 19.8 Å². The predicted molar refractivity (Wildman–Crippen MR) is 120 cm³/mol. The fourth-order valence-electron chi connectivity index (χ4n) is 2.87. The smallest absolute Gasteiger partial charge is 0.193 e. The van der Waals surface area contributed by atoms with Gasteiger partial charge in [-0.15, -0.1) is 0 Å². The molecule has 6 heteroatoms. The highest BCUT2D eigenvalue weighted by atomic mass is 16.5. The molecule has 0 aliphatic heterocycles. The van der Waals surface area contributed by atoms with Gasteiger partial charge in [0.1, 0.15) is 11.5 Å². The van der Waals surface area contributed by atoms with Crippen molar-refractivity contribution in [2.24, 2.45) is 10.7 Å². The number of aliphatic imine (C=N–C) groups is 1. The number of nitrogens with one attached hydrogen (secondary N) is 1. The van der Waals surface area contributed by atoms with E-state index in [0.717, 1.165) is 11.1 Å². The van der Waals surface area contributed by atoms with Gasteiger partial charge < -0.3 is 25.3 Å². The first kappa shape index (κ1) is 21.2. The standard InChI is InChI=1S/C24H27N3O3/c1-28-21-12-13-23(29-2)22(14-21)27-24(25)26-15-18-8-10-20(11-9-18)17-30-16-19-6-4-3-5-7-19/h3-14H,15-17H2,1-2H3,(H3,25,26,27). The quantitative estimate of drug-likeness (QED) is 0.409. The van der Waals surface area contributed by atoms with Crippen molar-refractivity contribution < 1.29 is 14.2 Å². The summed E-state index contributed by atoms with van der Waals surface area (Å²) < 4.78 is 16.4. The van der Waals surface area contributed by atoms with E-state index in [-0.39, 0.29) is 0 Å².